The molecule has 30 heavy (non-hydrogen) atoms. The molecule has 1 amide bonds. The van der Waals surface area contributed by atoms with Crippen molar-refractivity contribution in [3.63, 3.8) is 0 Å². The zero-order chi connectivity index (χ0) is 22.3. The van der Waals surface area contributed by atoms with E-state index in [1.807, 2.05) is 0 Å². The molecule has 2 rings (SSSR count). The molecule has 0 saturated carbocycles. The maximum absolute atomic E-state index is 12.8. The van der Waals surface area contributed by atoms with Crippen molar-refractivity contribution in [2.75, 3.05) is 30.6 Å². The molecule has 0 fully saturated rings. The highest BCUT2D eigenvalue weighted by Crippen LogP contribution is 2.25. The molecule has 8 nitrogen and oxygen atoms in total. The lowest BCUT2D eigenvalue weighted by atomic mass is 10.3. The van der Waals surface area contributed by atoms with Crippen molar-refractivity contribution in [3.05, 3.63) is 35.9 Å². The Morgan fingerprint density at radius 1 is 1.43 bits per heavy atom. The second kappa shape index (κ2) is 10.5. The van der Waals surface area contributed by atoms with Gasteiger partial charge in [-0.1, -0.05) is 16.8 Å². The molecule has 2 aromatic heterocycles. The van der Waals surface area contributed by atoms with Crippen LogP contribution in [0.25, 0.3) is 5.69 Å². The van der Waals surface area contributed by atoms with Gasteiger partial charge in [0.25, 0.3) is 5.91 Å². The molecule has 0 aliphatic carbocycles. The summed E-state index contributed by atoms with van der Waals surface area (Å²) in [4.78, 5) is 22.6. The van der Waals surface area contributed by atoms with Crippen molar-refractivity contribution in [1.29, 1.82) is 0 Å². The molecule has 1 atom stereocenters. The molecule has 13 heteroatoms. The first-order chi connectivity index (χ1) is 14.1. The Hall–Kier alpha value is -2.47. The van der Waals surface area contributed by atoms with Crippen molar-refractivity contribution in [3.8, 4) is 5.69 Å². The molecule has 164 valence electrons. The highest BCUT2D eigenvalue weighted by atomic mass is 35.5. The van der Waals surface area contributed by atoms with Gasteiger partial charge in [-0.25, -0.2) is 4.68 Å². The topological polar surface area (TPSA) is 89.7 Å². The van der Waals surface area contributed by atoms with Gasteiger partial charge < -0.3 is 9.74 Å². The molecule has 0 N–H and O–H groups in total. The summed E-state index contributed by atoms with van der Waals surface area (Å²) >= 11 is 6.15. The molecule has 2 aromatic rings. The van der Waals surface area contributed by atoms with Crippen LogP contribution in [0.15, 0.2) is 35.9 Å². The quantitative estimate of drug-likeness (QED) is 0.419. The summed E-state index contributed by atoms with van der Waals surface area (Å²) in [6, 6.07) is 3.45. The number of carbonyl (C=O) groups excluding carboxylic acids is 1. The smallest absolute Gasteiger partial charge is 0.389 e. The van der Waals surface area contributed by atoms with Crippen LogP contribution in [0.2, 0.25) is 5.15 Å². The maximum atomic E-state index is 12.8. The van der Waals surface area contributed by atoms with Crippen LogP contribution in [0, 0.1) is 0 Å². The van der Waals surface area contributed by atoms with Crippen molar-refractivity contribution >= 4 is 39.7 Å². The largest absolute Gasteiger partial charge is 0.399 e. The van der Waals surface area contributed by atoms with Gasteiger partial charge in [-0.3, -0.25) is 14.0 Å². The Morgan fingerprint density at radius 2 is 2.17 bits per heavy atom. The maximum Gasteiger partial charge on any atom is 0.389 e. The van der Waals surface area contributed by atoms with E-state index in [9.17, 15) is 22.2 Å². The molecule has 0 spiro atoms. The number of oxime groups is 1. The number of aromatic nitrogens is 3. The van der Waals surface area contributed by atoms with E-state index in [4.69, 9.17) is 11.6 Å². The van der Waals surface area contributed by atoms with Crippen LogP contribution in [0.4, 0.5) is 18.9 Å². The van der Waals surface area contributed by atoms with E-state index in [-0.39, 0.29) is 34.5 Å². The average molecular weight is 466 g/mol. The number of anilines is 1. The van der Waals surface area contributed by atoms with Crippen LogP contribution in [-0.4, -0.2) is 62.4 Å². The number of nitrogens with zero attached hydrogens (tertiary/aromatic N) is 5. The van der Waals surface area contributed by atoms with Gasteiger partial charge in [0.1, 0.15) is 12.8 Å². The fraction of sp³-hybridized carbons (Fsp3) is 0.412. The third-order valence-corrected chi connectivity index (χ3v) is 5.41. The molecule has 0 saturated heterocycles. The summed E-state index contributed by atoms with van der Waals surface area (Å²) < 4.78 is 50.3. The standard InChI is InChI=1S/C17H19ClF3N5O3S/c1-25(14-10-26(23-15(14)18)12-5-3-7-22-9-12)16(27)13(24-29-2)11-30(28)8-4-6-17(19,20)21/h3,5,7,9-10H,4,6,8,11H2,1-2H3/b24-13-. The van der Waals surface area contributed by atoms with Gasteiger partial charge in [0.15, 0.2) is 10.9 Å². The normalized spacial score (nSPS) is 13.2. The molecule has 0 radical (unpaired) electrons. The Morgan fingerprint density at radius 3 is 2.77 bits per heavy atom. The zero-order valence-electron chi connectivity index (χ0n) is 16.1. The molecule has 0 aliphatic heterocycles. The second-order valence-corrected chi connectivity index (χ2v) is 7.99. The summed E-state index contributed by atoms with van der Waals surface area (Å²) in [7, 11) is 0.885. The Bertz CT molecular complexity index is 921. The van der Waals surface area contributed by atoms with Crippen LogP contribution >= 0.6 is 11.6 Å². The lowest BCUT2D eigenvalue weighted by Crippen LogP contribution is -2.36. The minimum atomic E-state index is -4.32. The van der Waals surface area contributed by atoms with E-state index < -0.39 is 29.3 Å². The molecule has 0 bridgehead atoms. The molecule has 0 aliphatic rings. The second-order valence-electron chi connectivity index (χ2n) is 6.05. The third kappa shape index (κ3) is 6.80. The summed E-state index contributed by atoms with van der Waals surface area (Å²) in [5, 5.41) is 7.74. The summed E-state index contributed by atoms with van der Waals surface area (Å²) in [6.07, 6.45) is -1.04. The predicted molar refractivity (Wildman–Crippen MR) is 107 cm³/mol. The van der Waals surface area contributed by atoms with Crippen LogP contribution in [0.5, 0.6) is 0 Å². The lowest BCUT2D eigenvalue weighted by molar-refractivity contribution is -0.134. The van der Waals surface area contributed by atoms with E-state index in [1.165, 1.54) is 25.0 Å². The van der Waals surface area contributed by atoms with Gasteiger partial charge in [0.05, 0.1) is 23.8 Å². The first-order valence-electron chi connectivity index (χ1n) is 8.57. The van der Waals surface area contributed by atoms with Gasteiger partial charge in [-0.05, 0) is 18.6 Å². The number of amides is 1. The summed E-state index contributed by atoms with van der Waals surface area (Å²) in [5.41, 5.74) is 0.649. The van der Waals surface area contributed by atoms with Gasteiger partial charge in [0.2, 0.25) is 0 Å². The fourth-order valence-corrected chi connectivity index (χ4v) is 3.74. The van der Waals surface area contributed by atoms with Crippen LogP contribution in [0.1, 0.15) is 12.8 Å². The molecule has 2 heterocycles. The first kappa shape index (κ1) is 23.8. The molecular formula is C17H19ClF3N5O3S. The van der Waals surface area contributed by atoms with Gasteiger partial charge in [0, 0.05) is 36.2 Å². The minimum absolute atomic E-state index is 0.0257. The number of alkyl halides is 3. The van der Waals surface area contributed by atoms with E-state index in [0.717, 1.165) is 4.90 Å². The fourth-order valence-electron chi connectivity index (χ4n) is 2.39. The number of halogens is 4. The zero-order valence-corrected chi connectivity index (χ0v) is 17.7. The lowest BCUT2D eigenvalue weighted by Gasteiger charge is -2.16. The van der Waals surface area contributed by atoms with Gasteiger partial charge in [-0.2, -0.15) is 18.3 Å². The number of hydrogen-bond donors (Lipinski definition) is 0. The van der Waals surface area contributed by atoms with Crippen molar-refractivity contribution in [2.45, 2.75) is 19.0 Å². The molecule has 0 aromatic carbocycles. The van der Waals surface area contributed by atoms with E-state index in [0.29, 0.717) is 5.69 Å². The third-order valence-electron chi connectivity index (χ3n) is 3.81. The van der Waals surface area contributed by atoms with Crippen LogP contribution in [-0.2, 0) is 20.4 Å². The summed E-state index contributed by atoms with van der Waals surface area (Å²) in [5.74, 6) is -1.25. The van der Waals surface area contributed by atoms with E-state index in [2.05, 4.69) is 20.1 Å². The van der Waals surface area contributed by atoms with E-state index >= 15 is 0 Å². The van der Waals surface area contributed by atoms with Gasteiger partial charge >= 0.3 is 6.18 Å². The van der Waals surface area contributed by atoms with Gasteiger partial charge in [-0.15, -0.1) is 0 Å². The number of carbonyl (C=O) groups is 1. The van der Waals surface area contributed by atoms with Crippen molar-refractivity contribution in [1.82, 2.24) is 14.8 Å². The number of pyridine rings is 1. The summed E-state index contributed by atoms with van der Waals surface area (Å²) in [6.45, 7) is 0. The molecule has 1 unspecified atom stereocenters. The SMILES string of the molecule is CO/N=C(/CS(=O)CCCC(F)(F)F)C(=O)N(C)c1cn(-c2cccnc2)nc1Cl. The highest BCUT2D eigenvalue weighted by molar-refractivity contribution is 7.85. The van der Waals surface area contributed by atoms with Crippen molar-refractivity contribution < 1.29 is 27.0 Å². The van der Waals surface area contributed by atoms with Crippen molar-refractivity contribution in [2.24, 2.45) is 5.16 Å². The highest BCUT2D eigenvalue weighted by Gasteiger charge is 2.28. The minimum Gasteiger partial charge on any atom is -0.399 e. The average Bonchev–Trinajstić information content (AvgIpc) is 3.08. The Balaban J connectivity index is 2.11. The molecular weight excluding hydrogens is 447 g/mol. The number of hydrogen-bond acceptors (Lipinski definition) is 6. The van der Waals surface area contributed by atoms with E-state index in [1.54, 1.807) is 24.5 Å². The predicted octanol–water partition coefficient (Wildman–Crippen LogP) is 2.98. The van der Waals surface area contributed by atoms with Crippen LogP contribution in [0.3, 0.4) is 0 Å². The number of rotatable bonds is 9. The Labute approximate surface area is 178 Å². The monoisotopic (exact) mass is 465 g/mol. The first-order valence-corrected chi connectivity index (χ1v) is 10.4. The Kier molecular flexibility index (Phi) is 8.35. The van der Waals surface area contributed by atoms with Crippen LogP contribution < -0.4 is 4.90 Å².